The average molecular weight is 276 g/mol. The van der Waals surface area contributed by atoms with Gasteiger partial charge in [-0.3, -0.25) is 9.59 Å². The van der Waals surface area contributed by atoms with Gasteiger partial charge in [0.25, 0.3) is 0 Å². The number of likely N-dealkylation sites (N-methyl/N-ethyl adjacent to an activating group) is 2. The van der Waals surface area contributed by atoms with Gasteiger partial charge >= 0.3 is 0 Å². The average Bonchev–Trinajstić information content (AvgIpc) is 2.45. The molecule has 0 spiro atoms. The van der Waals surface area contributed by atoms with Crippen LogP contribution in [0.2, 0.25) is 0 Å². The Balaban J connectivity index is 2.60. The Hall–Kier alpha value is -2.30. The van der Waals surface area contributed by atoms with Crippen molar-refractivity contribution in [2.45, 2.75) is 6.92 Å². The lowest BCUT2D eigenvalue weighted by Gasteiger charge is -2.14. The van der Waals surface area contributed by atoms with E-state index in [1.54, 1.807) is 20.2 Å². The quantitative estimate of drug-likeness (QED) is 0.797. The first kappa shape index (κ1) is 15.8. The third-order valence-corrected chi connectivity index (χ3v) is 2.64. The summed E-state index contributed by atoms with van der Waals surface area (Å²) in [5.41, 5.74) is 0.865. The van der Waals surface area contributed by atoms with E-state index >= 15 is 0 Å². The molecule has 0 bridgehead atoms. The molecule has 0 aromatic heterocycles. The second-order valence-corrected chi connectivity index (χ2v) is 4.26. The summed E-state index contributed by atoms with van der Waals surface area (Å²) in [6.07, 6.45) is 3.13. The fourth-order valence-corrected chi connectivity index (χ4v) is 1.59. The van der Waals surface area contributed by atoms with Crippen LogP contribution in [0.4, 0.5) is 0 Å². The van der Waals surface area contributed by atoms with Crippen LogP contribution in [0, 0.1) is 0 Å². The summed E-state index contributed by atoms with van der Waals surface area (Å²) in [7, 11) is 3.18. The molecule has 0 aliphatic carbocycles. The van der Waals surface area contributed by atoms with E-state index in [4.69, 9.17) is 4.74 Å². The number of ether oxygens (including phenoxy) is 1. The van der Waals surface area contributed by atoms with Gasteiger partial charge in [-0.05, 0) is 30.7 Å². The minimum Gasteiger partial charge on any atom is -0.497 e. The van der Waals surface area contributed by atoms with Crippen molar-refractivity contribution in [3.63, 3.8) is 0 Å². The topological polar surface area (TPSA) is 58.6 Å². The van der Waals surface area contributed by atoms with Gasteiger partial charge in [0.2, 0.25) is 11.8 Å². The summed E-state index contributed by atoms with van der Waals surface area (Å²) >= 11 is 0. The van der Waals surface area contributed by atoms with Gasteiger partial charge in [-0.2, -0.15) is 0 Å². The van der Waals surface area contributed by atoms with Crippen molar-refractivity contribution >= 4 is 17.9 Å². The molecule has 0 saturated carbocycles. The molecular formula is C15H20N2O3. The second-order valence-electron chi connectivity index (χ2n) is 4.26. The van der Waals surface area contributed by atoms with E-state index in [9.17, 15) is 9.59 Å². The number of carbonyl (C=O) groups excluding carboxylic acids is 2. The summed E-state index contributed by atoms with van der Waals surface area (Å²) in [6, 6.07) is 7.38. The Kier molecular flexibility index (Phi) is 6.29. The van der Waals surface area contributed by atoms with Gasteiger partial charge in [0.15, 0.2) is 0 Å². The minimum absolute atomic E-state index is 0.0507. The third kappa shape index (κ3) is 5.14. The van der Waals surface area contributed by atoms with Gasteiger partial charge in [-0.1, -0.05) is 12.1 Å². The molecule has 0 radical (unpaired) electrons. The molecule has 0 heterocycles. The first-order valence-electron chi connectivity index (χ1n) is 6.40. The maximum Gasteiger partial charge on any atom is 0.246 e. The highest BCUT2D eigenvalue weighted by Crippen LogP contribution is 2.13. The van der Waals surface area contributed by atoms with Crippen molar-refractivity contribution in [3.05, 3.63) is 35.9 Å². The Morgan fingerprint density at radius 2 is 2.15 bits per heavy atom. The van der Waals surface area contributed by atoms with Crippen molar-refractivity contribution in [1.29, 1.82) is 0 Å². The SMILES string of the molecule is CCNC(=O)CN(C)C(=O)/C=C/c1cccc(OC)c1. The predicted molar refractivity (Wildman–Crippen MR) is 78.3 cm³/mol. The Morgan fingerprint density at radius 3 is 2.80 bits per heavy atom. The number of benzene rings is 1. The molecule has 0 saturated heterocycles. The number of nitrogens with one attached hydrogen (secondary N) is 1. The minimum atomic E-state index is -0.223. The highest BCUT2D eigenvalue weighted by Gasteiger charge is 2.09. The molecule has 1 aromatic rings. The smallest absolute Gasteiger partial charge is 0.246 e. The van der Waals surface area contributed by atoms with Crippen LogP contribution in [0.25, 0.3) is 6.08 Å². The highest BCUT2D eigenvalue weighted by molar-refractivity contribution is 5.94. The molecular weight excluding hydrogens is 256 g/mol. The van der Waals surface area contributed by atoms with Gasteiger partial charge in [-0.25, -0.2) is 0 Å². The van der Waals surface area contributed by atoms with Crippen molar-refractivity contribution in [1.82, 2.24) is 10.2 Å². The third-order valence-electron chi connectivity index (χ3n) is 2.64. The number of amides is 2. The van der Waals surface area contributed by atoms with Crippen LogP contribution >= 0.6 is 0 Å². The van der Waals surface area contributed by atoms with Crippen LogP contribution in [0.3, 0.4) is 0 Å². The van der Waals surface area contributed by atoms with Crippen LogP contribution in [0.1, 0.15) is 12.5 Å². The molecule has 1 N–H and O–H groups in total. The molecule has 0 unspecified atom stereocenters. The molecule has 5 nitrogen and oxygen atoms in total. The molecule has 2 amide bonds. The molecule has 108 valence electrons. The summed E-state index contributed by atoms with van der Waals surface area (Å²) in [4.78, 5) is 24.6. The lowest BCUT2D eigenvalue weighted by Crippen LogP contribution is -2.37. The van der Waals surface area contributed by atoms with Gasteiger partial charge in [0.1, 0.15) is 5.75 Å². The van der Waals surface area contributed by atoms with E-state index in [1.807, 2.05) is 31.2 Å². The van der Waals surface area contributed by atoms with E-state index in [2.05, 4.69) is 5.32 Å². The van der Waals surface area contributed by atoms with Gasteiger partial charge in [0, 0.05) is 19.7 Å². The van der Waals surface area contributed by atoms with Crippen molar-refractivity contribution in [3.8, 4) is 5.75 Å². The molecule has 0 fully saturated rings. The highest BCUT2D eigenvalue weighted by atomic mass is 16.5. The zero-order valence-electron chi connectivity index (χ0n) is 12.1. The van der Waals surface area contributed by atoms with Crippen molar-refractivity contribution < 1.29 is 14.3 Å². The number of nitrogens with zero attached hydrogens (tertiary/aromatic N) is 1. The number of hydrogen-bond acceptors (Lipinski definition) is 3. The number of carbonyl (C=O) groups is 2. The predicted octanol–water partition coefficient (Wildman–Crippen LogP) is 1.30. The molecule has 1 rings (SSSR count). The monoisotopic (exact) mass is 276 g/mol. The lowest BCUT2D eigenvalue weighted by atomic mass is 10.2. The van der Waals surface area contributed by atoms with Crippen LogP contribution in [0.15, 0.2) is 30.3 Å². The van der Waals surface area contributed by atoms with Gasteiger partial charge in [-0.15, -0.1) is 0 Å². The number of hydrogen-bond donors (Lipinski definition) is 1. The molecule has 0 aliphatic heterocycles. The number of rotatable bonds is 6. The van der Waals surface area contributed by atoms with Crippen LogP contribution in [0.5, 0.6) is 5.75 Å². The fourth-order valence-electron chi connectivity index (χ4n) is 1.59. The standard InChI is InChI=1S/C15H20N2O3/c1-4-16-14(18)11-17(2)15(19)9-8-12-6-5-7-13(10-12)20-3/h5-10H,4,11H2,1-3H3,(H,16,18)/b9-8+. The van der Waals surface area contributed by atoms with Gasteiger partial charge < -0.3 is 15.0 Å². The van der Waals surface area contributed by atoms with Crippen LogP contribution < -0.4 is 10.1 Å². The summed E-state index contributed by atoms with van der Waals surface area (Å²) in [5.74, 6) is 0.340. The number of methoxy groups -OCH3 is 1. The van der Waals surface area contributed by atoms with E-state index in [0.717, 1.165) is 11.3 Å². The van der Waals surface area contributed by atoms with Crippen molar-refractivity contribution in [2.24, 2.45) is 0 Å². The molecule has 20 heavy (non-hydrogen) atoms. The van der Waals surface area contributed by atoms with Crippen LogP contribution in [-0.4, -0.2) is 44.0 Å². The second kappa shape index (κ2) is 7.99. The molecule has 0 aliphatic rings. The fraction of sp³-hybridized carbons (Fsp3) is 0.333. The normalized spacial score (nSPS) is 10.3. The molecule has 1 aromatic carbocycles. The van der Waals surface area contributed by atoms with E-state index in [1.165, 1.54) is 11.0 Å². The molecule has 5 heteroatoms. The zero-order valence-corrected chi connectivity index (χ0v) is 12.1. The van der Waals surface area contributed by atoms with Crippen molar-refractivity contribution in [2.75, 3.05) is 27.2 Å². The van der Waals surface area contributed by atoms with E-state index < -0.39 is 0 Å². The maximum absolute atomic E-state index is 11.8. The summed E-state index contributed by atoms with van der Waals surface area (Å²) in [5, 5.41) is 2.65. The van der Waals surface area contributed by atoms with Crippen LogP contribution in [-0.2, 0) is 9.59 Å². The first-order valence-corrected chi connectivity index (χ1v) is 6.40. The largest absolute Gasteiger partial charge is 0.497 e. The Morgan fingerprint density at radius 1 is 1.40 bits per heavy atom. The first-order chi connectivity index (χ1) is 9.56. The maximum atomic E-state index is 11.8. The lowest BCUT2D eigenvalue weighted by molar-refractivity contribution is -0.131. The van der Waals surface area contributed by atoms with E-state index in [0.29, 0.717) is 6.54 Å². The Labute approximate surface area is 119 Å². The zero-order chi connectivity index (χ0) is 15.0. The Bertz CT molecular complexity index is 498. The molecule has 0 atom stereocenters. The summed E-state index contributed by atoms with van der Waals surface area (Å²) in [6.45, 7) is 2.44. The van der Waals surface area contributed by atoms with Gasteiger partial charge in [0.05, 0.1) is 13.7 Å². The van der Waals surface area contributed by atoms with E-state index in [-0.39, 0.29) is 18.4 Å². The summed E-state index contributed by atoms with van der Waals surface area (Å²) < 4.78 is 5.11.